The summed E-state index contributed by atoms with van der Waals surface area (Å²) < 4.78 is 20.0. The van der Waals surface area contributed by atoms with Gasteiger partial charge in [0.05, 0.1) is 12.2 Å². The van der Waals surface area contributed by atoms with Gasteiger partial charge in [-0.25, -0.2) is 14.2 Å². The Balaban J connectivity index is 1.29. The minimum Gasteiger partial charge on any atom is -0.370 e. The molecule has 142 valence electrons. The lowest BCUT2D eigenvalue weighted by Gasteiger charge is -2.38. The Kier molecular flexibility index (Phi) is 3.89. The van der Waals surface area contributed by atoms with Crippen LogP contribution >= 0.6 is 0 Å². The topological polar surface area (TPSA) is 83.1 Å². The van der Waals surface area contributed by atoms with E-state index in [1.54, 1.807) is 11.0 Å². The number of fused-ring (bicyclic) bond motifs is 2. The van der Waals surface area contributed by atoms with Crippen molar-refractivity contribution in [3.8, 4) is 0 Å². The Morgan fingerprint density at radius 1 is 1.41 bits per heavy atom. The van der Waals surface area contributed by atoms with E-state index in [1.807, 2.05) is 6.07 Å². The number of ether oxygens (including phenoxy) is 1. The first kappa shape index (κ1) is 16.7. The van der Waals surface area contributed by atoms with Crippen LogP contribution in [0.15, 0.2) is 18.2 Å². The Morgan fingerprint density at radius 3 is 3.04 bits per heavy atom. The molecule has 27 heavy (non-hydrogen) atoms. The smallest absolute Gasteiger partial charge is 0.322 e. The summed E-state index contributed by atoms with van der Waals surface area (Å²) in [6, 6.07) is 4.74. The molecular formula is C19H22FN5O2. The quantitative estimate of drug-likeness (QED) is 0.869. The number of halogens is 1. The third-order valence-corrected chi connectivity index (χ3v) is 6.00. The monoisotopic (exact) mass is 371 g/mol. The number of nitrogens with one attached hydrogen (secondary N) is 2. The first-order chi connectivity index (χ1) is 13.2. The number of benzene rings is 1. The Bertz CT molecular complexity index is 873. The van der Waals surface area contributed by atoms with Crippen molar-refractivity contribution >= 4 is 11.7 Å². The number of hydrogen-bond donors (Lipinski definition) is 2. The third kappa shape index (κ3) is 2.70. The van der Waals surface area contributed by atoms with Gasteiger partial charge in [-0.2, -0.15) is 5.10 Å². The number of hydrogen-bond acceptors (Lipinski definition) is 4. The molecule has 2 fully saturated rings. The van der Waals surface area contributed by atoms with Crippen molar-refractivity contribution in [1.29, 1.82) is 0 Å². The lowest BCUT2D eigenvalue weighted by atomic mass is 9.65. The molecule has 1 aromatic heterocycles. The maximum atomic E-state index is 14.5. The maximum absolute atomic E-state index is 14.5. The standard InChI is InChI=1S/C19H22FN5O2/c20-12-4-1-5-13-16(12)19(7-3-8-19)11-25(13)18(26)21-10-15-22-17(24-23-15)14-6-2-9-27-14/h1,4-5,14H,2-3,6-11H2,(H,21,26)(H,22,23,24). The molecule has 7 nitrogen and oxygen atoms in total. The summed E-state index contributed by atoms with van der Waals surface area (Å²) in [5.74, 6) is 1.02. The lowest BCUT2D eigenvalue weighted by molar-refractivity contribution is 0.105. The number of rotatable bonds is 3. The van der Waals surface area contributed by atoms with Gasteiger partial charge in [0.1, 0.15) is 17.7 Å². The van der Waals surface area contributed by atoms with Crippen LogP contribution < -0.4 is 10.2 Å². The average Bonchev–Trinajstić information content (AvgIpc) is 3.36. The van der Waals surface area contributed by atoms with Crippen LogP contribution in [0.2, 0.25) is 0 Å². The highest BCUT2D eigenvalue weighted by atomic mass is 19.1. The second kappa shape index (κ2) is 6.30. The van der Waals surface area contributed by atoms with Crippen LogP contribution in [0.3, 0.4) is 0 Å². The summed E-state index contributed by atoms with van der Waals surface area (Å²) in [5, 5.41) is 9.93. The highest BCUT2D eigenvalue weighted by Crippen LogP contribution is 2.53. The van der Waals surface area contributed by atoms with Crippen LogP contribution in [-0.2, 0) is 16.7 Å². The van der Waals surface area contributed by atoms with Gasteiger partial charge in [0.25, 0.3) is 0 Å². The van der Waals surface area contributed by atoms with Gasteiger partial charge >= 0.3 is 6.03 Å². The van der Waals surface area contributed by atoms with Gasteiger partial charge in [-0.1, -0.05) is 12.5 Å². The van der Waals surface area contributed by atoms with Gasteiger partial charge in [0.2, 0.25) is 0 Å². The number of aromatic amines is 1. The van der Waals surface area contributed by atoms with Crippen LogP contribution in [0, 0.1) is 5.82 Å². The predicted octanol–water partition coefficient (Wildman–Crippen LogP) is 2.95. The van der Waals surface area contributed by atoms with Gasteiger partial charge in [-0.05, 0) is 37.8 Å². The molecule has 0 bridgehead atoms. The fraction of sp³-hybridized carbons (Fsp3) is 0.526. The molecule has 2 aliphatic heterocycles. The minimum absolute atomic E-state index is 0.0578. The van der Waals surface area contributed by atoms with E-state index in [0.29, 0.717) is 29.4 Å². The van der Waals surface area contributed by atoms with Gasteiger partial charge in [-0.3, -0.25) is 10.00 Å². The Hall–Kier alpha value is -2.48. The van der Waals surface area contributed by atoms with E-state index in [2.05, 4.69) is 20.5 Å². The van der Waals surface area contributed by atoms with Gasteiger partial charge in [0, 0.05) is 24.1 Å². The first-order valence-electron chi connectivity index (χ1n) is 9.53. The maximum Gasteiger partial charge on any atom is 0.322 e. The molecule has 1 spiro atoms. The van der Waals surface area contributed by atoms with Crippen molar-refractivity contribution in [3.05, 3.63) is 41.2 Å². The Labute approximate surface area is 156 Å². The molecule has 0 radical (unpaired) electrons. The van der Waals surface area contributed by atoms with E-state index >= 15 is 0 Å². The molecule has 5 rings (SSSR count). The molecule has 2 N–H and O–H groups in total. The summed E-state index contributed by atoms with van der Waals surface area (Å²) in [6.07, 6.45) is 4.81. The fourth-order valence-corrected chi connectivity index (χ4v) is 4.49. The highest BCUT2D eigenvalue weighted by molar-refractivity contribution is 5.95. The number of carbonyl (C=O) groups excluding carboxylic acids is 1. The van der Waals surface area contributed by atoms with E-state index in [-0.39, 0.29) is 29.9 Å². The van der Waals surface area contributed by atoms with E-state index in [1.165, 1.54) is 6.07 Å². The number of H-pyrrole nitrogens is 1. The normalized spacial score (nSPS) is 22.7. The van der Waals surface area contributed by atoms with E-state index < -0.39 is 0 Å². The van der Waals surface area contributed by atoms with Crippen molar-refractivity contribution in [2.24, 2.45) is 0 Å². The summed E-state index contributed by atoms with van der Waals surface area (Å²) in [6.45, 7) is 1.51. The minimum atomic E-state index is -0.235. The first-order valence-corrected chi connectivity index (χ1v) is 9.53. The number of nitrogens with zero attached hydrogens (tertiary/aromatic N) is 3. The van der Waals surface area contributed by atoms with Crippen molar-refractivity contribution in [2.75, 3.05) is 18.1 Å². The molecule has 8 heteroatoms. The highest BCUT2D eigenvalue weighted by Gasteiger charge is 2.50. The number of urea groups is 1. The fourth-order valence-electron chi connectivity index (χ4n) is 4.49. The van der Waals surface area contributed by atoms with Crippen molar-refractivity contribution in [1.82, 2.24) is 20.5 Å². The average molecular weight is 371 g/mol. The van der Waals surface area contributed by atoms with Crippen LogP contribution in [0.25, 0.3) is 0 Å². The van der Waals surface area contributed by atoms with E-state index in [4.69, 9.17) is 4.74 Å². The predicted molar refractivity (Wildman–Crippen MR) is 95.8 cm³/mol. The number of amides is 2. The number of anilines is 1. The molecule has 1 saturated heterocycles. The summed E-state index contributed by atoms with van der Waals surface area (Å²) in [7, 11) is 0. The zero-order valence-electron chi connectivity index (χ0n) is 15.0. The van der Waals surface area contributed by atoms with Gasteiger partial charge < -0.3 is 10.1 Å². The second-order valence-electron chi connectivity index (χ2n) is 7.65. The van der Waals surface area contributed by atoms with Crippen LogP contribution in [0.1, 0.15) is 55.4 Å². The molecule has 1 aromatic carbocycles. The molecule has 2 aromatic rings. The van der Waals surface area contributed by atoms with Crippen LogP contribution in [-0.4, -0.2) is 34.4 Å². The summed E-state index contributed by atoms with van der Waals surface area (Å²) in [4.78, 5) is 18.9. The van der Waals surface area contributed by atoms with Crippen molar-refractivity contribution in [2.45, 2.75) is 50.2 Å². The van der Waals surface area contributed by atoms with Crippen LogP contribution in [0.4, 0.5) is 14.9 Å². The number of carbonyl (C=O) groups is 1. The van der Waals surface area contributed by atoms with E-state index in [9.17, 15) is 9.18 Å². The van der Waals surface area contributed by atoms with Gasteiger partial charge in [0.15, 0.2) is 5.82 Å². The molecule has 3 aliphatic rings. The Morgan fingerprint density at radius 2 is 2.30 bits per heavy atom. The van der Waals surface area contributed by atoms with Crippen LogP contribution in [0.5, 0.6) is 0 Å². The molecule has 3 heterocycles. The summed E-state index contributed by atoms with van der Waals surface area (Å²) >= 11 is 0. The third-order valence-electron chi connectivity index (χ3n) is 6.00. The van der Waals surface area contributed by atoms with Crippen molar-refractivity contribution in [3.63, 3.8) is 0 Å². The number of aromatic nitrogens is 3. The molecular weight excluding hydrogens is 349 g/mol. The SMILES string of the molecule is O=C(NCc1nc(C2CCCO2)n[nH]1)N1CC2(CCC2)c2c(F)cccc21. The largest absolute Gasteiger partial charge is 0.370 e. The van der Waals surface area contributed by atoms with E-state index in [0.717, 1.165) is 38.7 Å². The zero-order chi connectivity index (χ0) is 18.4. The molecule has 1 saturated carbocycles. The van der Waals surface area contributed by atoms with Gasteiger partial charge in [-0.15, -0.1) is 0 Å². The second-order valence-corrected chi connectivity index (χ2v) is 7.65. The zero-order valence-corrected chi connectivity index (χ0v) is 15.0. The van der Waals surface area contributed by atoms with Crippen molar-refractivity contribution < 1.29 is 13.9 Å². The lowest BCUT2D eigenvalue weighted by Crippen LogP contribution is -2.45. The molecule has 1 unspecified atom stereocenters. The molecule has 1 aliphatic carbocycles. The summed E-state index contributed by atoms with van der Waals surface area (Å²) in [5.41, 5.74) is 1.17. The molecule has 2 amide bonds. The molecule has 1 atom stereocenters.